The average molecular weight is 328 g/mol. The Morgan fingerprint density at radius 2 is 1.87 bits per heavy atom. The summed E-state index contributed by atoms with van der Waals surface area (Å²) in [6.07, 6.45) is 0. The Balaban J connectivity index is 1.97. The molecule has 0 unspecified atom stereocenters. The van der Waals surface area contributed by atoms with E-state index in [0.717, 1.165) is 5.69 Å². The minimum absolute atomic E-state index is 0.0146. The van der Waals surface area contributed by atoms with Crippen LogP contribution in [0.3, 0.4) is 0 Å². The Morgan fingerprint density at radius 1 is 1.17 bits per heavy atom. The highest BCUT2D eigenvalue weighted by Crippen LogP contribution is 2.20. The quantitative estimate of drug-likeness (QED) is 0.824. The lowest BCUT2D eigenvalue weighted by Gasteiger charge is -2.09. The minimum Gasteiger partial charge on any atom is -0.376 e. The lowest BCUT2D eigenvalue weighted by Crippen LogP contribution is -2.22. The molecule has 2 aromatic rings. The van der Waals surface area contributed by atoms with Crippen LogP contribution in [0.4, 0.5) is 11.4 Å². The largest absolute Gasteiger partial charge is 0.376 e. The van der Waals surface area contributed by atoms with Gasteiger partial charge in [-0.05, 0) is 49.4 Å². The molecule has 0 fully saturated rings. The van der Waals surface area contributed by atoms with Gasteiger partial charge in [-0.2, -0.15) is 5.26 Å². The number of carbonyl (C=O) groups excluding carboxylic acids is 2. The first-order valence-corrected chi connectivity index (χ1v) is 7.22. The monoisotopic (exact) mass is 327 g/mol. The number of benzene rings is 2. The number of hydrogen-bond donors (Lipinski definition) is 2. The van der Waals surface area contributed by atoms with E-state index in [4.69, 9.17) is 16.9 Å². The second-order valence-electron chi connectivity index (χ2n) is 4.84. The van der Waals surface area contributed by atoms with Crippen molar-refractivity contribution in [1.29, 1.82) is 5.26 Å². The molecule has 0 radical (unpaired) electrons. The number of Topliss-reactive ketones (excluding diaryl/α,β-unsaturated/α-hetero) is 1. The molecular weight excluding hydrogens is 314 g/mol. The number of hydrogen-bond acceptors (Lipinski definition) is 4. The maximum absolute atomic E-state index is 12.0. The van der Waals surface area contributed by atoms with Crippen molar-refractivity contribution in [2.45, 2.75) is 6.92 Å². The molecule has 5 nitrogen and oxygen atoms in total. The highest BCUT2D eigenvalue weighted by atomic mass is 35.5. The molecule has 0 bridgehead atoms. The van der Waals surface area contributed by atoms with Gasteiger partial charge in [0, 0.05) is 16.3 Å². The number of nitrogens with zero attached hydrogens (tertiary/aromatic N) is 1. The van der Waals surface area contributed by atoms with Gasteiger partial charge in [-0.25, -0.2) is 0 Å². The van der Waals surface area contributed by atoms with E-state index in [9.17, 15) is 9.59 Å². The van der Waals surface area contributed by atoms with Gasteiger partial charge < -0.3 is 10.6 Å². The molecule has 0 saturated heterocycles. The van der Waals surface area contributed by atoms with E-state index in [0.29, 0.717) is 21.8 Å². The van der Waals surface area contributed by atoms with Gasteiger partial charge in [0.25, 0.3) is 0 Å². The number of halogens is 1. The normalized spacial score (nSPS) is 9.78. The third-order valence-electron chi connectivity index (χ3n) is 3.12. The lowest BCUT2D eigenvalue weighted by molar-refractivity contribution is -0.114. The molecule has 6 heteroatoms. The molecule has 0 spiro atoms. The summed E-state index contributed by atoms with van der Waals surface area (Å²) in [5, 5.41) is 15.0. The average Bonchev–Trinajstić information content (AvgIpc) is 2.53. The number of nitrogens with one attached hydrogen (secondary N) is 2. The summed E-state index contributed by atoms with van der Waals surface area (Å²) < 4.78 is 0. The van der Waals surface area contributed by atoms with Gasteiger partial charge in [-0.1, -0.05) is 11.6 Å². The maximum atomic E-state index is 12.0. The number of ketones is 1. The van der Waals surface area contributed by atoms with E-state index in [-0.39, 0.29) is 18.2 Å². The van der Waals surface area contributed by atoms with E-state index < -0.39 is 0 Å². The van der Waals surface area contributed by atoms with Gasteiger partial charge in [-0.3, -0.25) is 9.59 Å². The van der Waals surface area contributed by atoms with Gasteiger partial charge in [0.2, 0.25) is 5.91 Å². The highest BCUT2D eigenvalue weighted by Gasteiger charge is 2.08. The zero-order chi connectivity index (χ0) is 16.8. The maximum Gasteiger partial charge on any atom is 0.243 e. The van der Waals surface area contributed by atoms with Crippen LogP contribution in [0.25, 0.3) is 0 Å². The van der Waals surface area contributed by atoms with Crippen LogP contribution in [0.5, 0.6) is 0 Å². The predicted octanol–water partition coefficient (Wildman–Crippen LogP) is 3.46. The molecule has 0 aromatic heterocycles. The summed E-state index contributed by atoms with van der Waals surface area (Å²) in [7, 11) is 0. The molecule has 0 aliphatic heterocycles. The Labute approximate surface area is 138 Å². The number of carbonyl (C=O) groups is 2. The molecule has 23 heavy (non-hydrogen) atoms. The van der Waals surface area contributed by atoms with Gasteiger partial charge in [0.1, 0.15) is 6.07 Å². The van der Waals surface area contributed by atoms with Crippen molar-refractivity contribution in [3.63, 3.8) is 0 Å². The first-order valence-electron chi connectivity index (χ1n) is 6.84. The molecule has 2 N–H and O–H groups in total. The fourth-order valence-electron chi connectivity index (χ4n) is 1.92. The first kappa shape index (κ1) is 16.5. The van der Waals surface area contributed by atoms with Crippen LogP contribution in [-0.4, -0.2) is 18.2 Å². The molecule has 0 atom stereocenters. The van der Waals surface area contributed by atoms with Crippen molar-refractivity contribution >= 4 is 34.7 Å². The highest BCUT2D eigenvalue weighted by molar-refractivity contribution is 6.31. The fraction of sp³-hybridized carbons (Fsp3) is 0.118. The summed E-state index contributed by atoms with van der Waals surface area (Å²) in [6, 6.07) is 13.5. The zero-order valence-electron chi connectivity index (χ0n) is 12.4. The molecule has 2 aromatic carbocycles. The summed E-state index contributed by atoms with van der Waals surface area (Å²) in [5.41, 5.74) is 2.04. The molecular formula is C17H14ClN3O2. The van der Waals surface area contributed by atoms with Gasteiger partial charge in [0.05, 0.1) is 17.8 Å². The van der Waals surface area contributed by atoms with Crippen molar-refractivity contribution in [2.75, 3.05) is 17.2 Å². The summed E-state index contributed by atoms with van der Waals surface area (Å²) in [6.45, 7) is 1.52. The number of amides is 1. The van der Waals surface area contributed by atoms with E-state index in [2.05, 4.69) is 10.6 Å². The molecule has 1 amide bonds. The van der Waals surface area contributed by atoms with Gasteiger partial charge in [0.15, 0.2) is 5.78 Å². The van der Waals surface area contributed by atoms with Crippen molar-refractivity contribution in [3.05, 3.63) is 58.6 Å². The second-order valence-corrected chi connectivity index (χ2v) is 5.27. The van der Waals surface area contributed by atoms with Gasteiger partial charge in [-0.15, -0.1) is 0 Å². The third-order valence-corrected chi connectivity index (χ3v) is 3.36. The molecule has 0 aliphatic rings. The van der Waals surface area contributed by atoms with Crippen molar-refractivity contribution in [2.24, 2.45) is 0 Å². The standard InChI is InChI=1S/C17H14ClN3O2/c1-11(22)12-3-6-15(7-4-12)20-10-17(23)21-16-8-14(18)5-2-13(16)9-19/h2-8,20H,10H2,1H3,(H,21,23). The number of anilines is 2. The van der Waals surface area contributed by atoms with E-state index >= 15 is 0 Å². The lowest BCUT2D eigenvalue weighted by atomic mass is 10.1. The van der Waals surface area contributed by atoms with Crippen molar-refractivity contribution in [3.8, 4) is 6.07 Å². The van der Waals surface area contributed by atoms with Crippen LogP contribution < -0.4 is 10.6 Å². The fourth-order valence-corrected chi connectivity index (χ4v) is 2.09. The summed E-state index contributed by atoms with van der Waals surface area (Å²) in [5.74, 6) is -0.321. The van der Waals surface area contributed by atoms with Crippen molar-refractivity contribution < 1.29 is 9.59 Å². The van der Waals surface area contributed by atoms with E-state index in [1.54, 1.807) is 36.4 Å². The Hall–Kier alpha value is -2.84. The molecule has 2 rings (SSSR count). The van der Waals surface area contributed by atoms with E-state index in [1.165, 1.54) is 13.0 Å². The van der Waals surface area contributed by atoms with Gasteiger partial charge >= 0.3 is 0 Å². The minimum atomic E-state index is -0.306. The topological polar surface area (TPSA) is 82.0 Å². The van der Waals surface area contributed by atoms with Crippen LogP contribution in [-0.2, 0) is 4.79 Å². The summed E-state index contributed by atoms with van der Waals surface area (Å²) in [4.78, 5) is 23.2. The smallest absolute Gasteiger partial charge is 0.243 e. The second kappa shape index (κ2) is 7.43. The van der Waals surface area contributed by atoms with Crippen LogP contribution in [0.1, 0.15) is 22.8 Å². The first-order chi connectivity index (χ1) is 11.0. The van der Waals surface area contributed by atoms with Crippen LogP contribution in [0, 0.1) is 11.3 Å². The number of nitriles is 1. The van der Waals surface area contributed by atoms with Crippen molar-refractivity contribution in [1.82, 2.24) is 0 Å². The molecule has 0 saturated carbocycles. The Morgan fingerprint density at radius 3 is 2.48 bits per heavy atom. The number of rotatable bonds is 5. The Kier molecular flexibility index (Phi) is 5.34. The SMILES string of the molecule is CC(=O)c1ccc(NCC(=O)Nc2cc(Cl)ccc2C#N)cc1. The molecule has 0 aliphatic carbocycles. The van der Waals surface area contributed by atoms with E-state index in [1.807, 2.05) is 6.07 Å². The zero-order valence-corrected chi connectivity index (χ0v) is 13.1. The summed E-state index contributed by atoms with van der Waals surface area (Å²) >= 11 is 5.87. The van der Waals surface area contributed by atoms with Crippen LogP contribution in [0.2, 0.25) is 5.02 Å². The third kappa shape index (κ3) is 4.56. The van der Waals surface area contributed by atoms with Crippen LogP contribution in [0.15, 0.2) is 42.5 Å². The molecule has 0 heterocycles. The molecule has 116 valence electrons. The predicted molar refractivity (Wildman–Crippen MR) is 89.7 cm³/mol. The Bertz CT molecular complexity index is 779. The van der Waals surface area contributed by atoms with Crippen LogP contribution >= 0.6 is 11.6 Å².